The van der Waals surface area contributed by atoms with Crippen molar-refractivity contribution in [3.8, 4) is 10.4 Å². The van der Waals surface area contributed by atoms with Gasteiger partial charge in [-0.2, -0.15) is 0 Å². The quantitative estimate of drug-likeness (QED) is 0.742. The Labute approximate surface area is 116 Å². The monoisotopic (exact) mass is 320 g/mol. The van der Waals surface area contributed by atoms with Gasteiger partial charge in [0.1, 0.15) is 4.70 Å². The molecule has 0 fully saturated rings. The summed E-state index contributed by atoms with van der Waals surface area (Å²) < 4.78 is 1.74. The highest BCUT2D eigenvalue weighted by Gasteiger charge is 2.10. The van der Waals surface area contributed by atoms with Crippen molar-refractivity contribution >= 4 is 37.5 Å². The van der Waals surface area contributed by atoms with Crippen molar-refractivity contribution in [2.45, 2.75) is 6.92 Å². The first-order valence-corrected chi connectivity index (χ1v) is 7.00. The van der Waals surface area contributed by atoms with Crippen LogP contribution in [0.5, 0.6) is 0 Å². The van der Waals surface area contributed by atoms with Gasteiger partial charge in [-0.1, -0.05) is 28.1 Å². The van der Waals surface area contributed by atoms with Crippen LogP contribution >= 0.6 is 27.3 Å². The van der Waals surface area contributed by atoms with E-state index < -0.39 is 0 Å². The van der Waals surface area contributed by atoms with Gasteiger partial charge in [0.25, 0.3) is 5.56 Å². The Morgan fingerprint density at radius 2 is 2.22 bits per heavy atom. The van der Waals surface area contributed by atoms with Crippen LogP contribution < -0.4 is 5.56 Å². The lowest BCUT2D eigenvalue weighted by molar-refractivity contribution is 1.18. The fourth-order valence-electron chi connectivity index (χ4n) is 1.87. The molecule has 0 saturated heterocycles. The summed E-state index contributed by atoms with van der Waals surface area (Å²) in [4.78, 5) is 19.5. The van der Waals surface area contributed by atoms with Gasteiger partial charge >= 0.3 is 0 Å². The van der Waals surface area contributed by atoms with Crippen molar-refractivity contribution < 1.29 is 0 Å². The highest BCUT2D eigenvalue weighted by Crippen LogP contribution is 2.34. The number of rotatable bonds is 1. The van der Waals surface area contributed by atoms with Crippen LogP contribution in [-0.4, -0.2) is 9.97 Å². The molecule has 3 nitrogen and oxygen atoms in total. The topological polar surface area (TPSA) is 45.8 Å². The summed E-state index contributed by atoms with van der Waals surface area (Å²) in [6.45, 7) is 2.06. The van der Waals surface area contributed by atoms with Gasteiger partial charge in [0.2, 0.25) is 0 Å². The van der Waals surface area contributed by atoms with Crippen LogP contribution in [0.3, 0.4) is 0 Å². The summed E-state index contributed by atoms with van der Waals surface area (Å²) >= 11 is 5.00. The Balaban J connectivity index is 2.29. The van der Waals surface area contributed by atoms with E-state index in [2.05, 4.69) is 38.9 Å². The molecule has 0 aliphatic carbocycles. The second-order valence-electron chi connectivity index (χ2n) is 3.97. The largest absolute Gasteiger partial charge is 0.312 e. The Kier molecular flexibility index (Phi) is 2.80. The van der Waals surface area contributed by atoms with Gasteiger partial charge in [-0.25, -0.2) is 4.98 Å². The van der Waals surface area contributed by atoms with Crippen LogP contribution in [0.1, 0.15) is 5.56 Å². The first kappa shape index (κ1) is 11.6. The Bertz CT molecular complexity index is 791. The first-order chi connectivity index (χ1) is 8.66. The predicted molar refractivity (Wildman–Crippen MR) is 78.1 cm³/mol. The van der Waals surface area contributed by atoms with Crippen LogP contribution in [0.4, 0.5) is 0 Å². The molecule has 2 aromatic heterocycles. The van der Waals surface area contributed by atoms with Gasteiger partial charge in [-0.05, 0) is 30.2 Å². The minimum atomic E-state index is -0.0797. The number of hydrogen-bond acceptors (Lipinski definition) is 3. The third kappa shape index (κ3) is 1.79. The number of thiophene rings is 1. The second-order valence-corrected chi connectivity index (χ2v) is 5.88. The van der Waals surface area contributed by atoms with E-state index in [1.54, 1.807) is 0 Å². The summed E-state index contributed by atoms with van der Waals surface area (Å²) in [5.74, 6) is 0. The number of H-pyrrole nitrogens is 1. The molecule has 0 spiro atoms. The molecule has 3 rings (SSSR count). The van der Waals surface area contributed by atoms with E-state index in [0.29, 0.717) is 4.70 Å². The third-order valence-electron chi connectivity index (χ3n) is 2.85. The van der Waals surface area contributed by atoms with Gasteiger partial charge in [0, 0.05) is 9.35 Å². The van der Waals surface area contributed by atoms with Gasteiger partial charge < -0.3 is 4.98 Å². The summed E-state index contributed by atoms with van der Waals surface area (Å²) in [6, 6.07) is 8.02. The van der Waals surface area contributed by atoms with Gasteiger partial charge in [-0.3, -0.25) is 4.79 Å². The van der Waals surface area contributed by atoms with Crippen molar-refractivity contribution in [1.82, 2.24) is 9.97 Å². The summed E-state index contributed by atoms with van der Waals surface area (Å²) in [5.41, 5.74) is 2.97. The molecule has 0 amide bonds. The zero-order valence-corrected chi connectivity index (χ0v) is 11.9. The van der Waals surface area contributed by atoms with E-state index in [4.69, 9.17) is 0 Å². The number of aromatic amines is 1. The number of hydrogen-bond donors (Lipinski definition) is 1. The molecule has 0 aliphatic heterocycles. The summed E-state index contributed by atoms with van der Waals surface area (Å²) in [5, 5.41) is 0. The highest BCUT2D eigenvalue weighted by molar-refractivity contribution is 9.10. The van der Waals surface area contributed by atoms with E-state index in [9.17, 15) is 4.79 Å². The van der Waals surface area contributed by atoms with Crippen LogP contribution in [0.15, 0.2) is 39.9 Å². The molecular weight excluding hydrogens is 312 g/mol. The first-order valence-electron chi connectivity index (χ1n) is 5.39. The molecule has 0 bridgehead atoms. The number of aromatic nitrogens is 2. The van der Waals surface area contributed by atoms with Crippen LogP contribution in [0.2, 0.25) is 0 Å². The van der Waals surface area contributed by atoms with Crippen LogP contribution in [0.25, 0.3) is 20.7 Å². The normalized spacial score (nSPS) is 11.0. The predicted octanol–water partition coefficient (Wildman–Crippen LogP) is 3.72. The molecule has 0 atom stereocenters. The molecule has 90 valence electrons. The number of nitrogens with zero attached hydrogens (tertiary/aromatic N) is 1. The minimum absolute atomic E-state index is 0.0797. The van der Waals surface area contributed by atoms with Gasteiger partial charge in [0.05, 0.1) is 11.8 Å². The summed E-state index contributed by atoms with van der Waals surface area (Å²) in [7, 11) is 0. The SMILES string of the molecule is Cc1c(Br)cccc1-c1cc2nc[nH]c(=O)c2s1. The van der Waals surface area contributed by atoms with Gasteiger partial charge in [0.15, 0.2) is 0 Å². The smallest absolute Gasteiger partial charge is 0.268 e. The van der Waals surface area contributed by atoms with E-state index in [0.717, 1.165) is 20.4 Å². The Morgan fingerprint density at radius 3 is 3.00 bits per heavy atom. The molecule has 0 saturated carbocycles. The van der Waals surface area contributed by atoms with Crippen molar-refractivity contribution in [2.24, 2.45) is 0 Å². The van der Waals surface area contributed by atoms with Crippen molar-refractivity contribution in [3.63, 3.8) is 0 Å². The highest BCUT2D eigenvalue weighted by atomic mass is 79.9. The maximum absolute atomic E-state index is 11.7. The van der Waals surface area contributed by atoms with Crippen LogP contribution in [0, 0.1) is 6.92 Å². The molecule has 0 radical (unpaired) electrons. The minimum Gasteiger partial charge on any atom is -0.312 e. The summed E-state index contributed by atoms with van der Waals surface area (Å²) in [6.07, 6.45) is 1.44. The zero-order valence-electron chi connectivity index (χ0n) is 9.53. The molecule has 1 aromatic carbocycles. The maximum atomic E-state index is 11.7. The molecule has 0 unspecified atom stereocenters. The maximum Gasteiger partial charge on any atom is 0.268 e. The average molecular weight is 321 g/mol. The number of fused-ring (bicyclic) bond motifs is 1. The van der Waals surface area contributed by atoms with Crippen molar-refractivity contribution in [3.05, 3.63) is 51.0 Å². The van der Waals surface area contributed by atoms with Gasteiger partial charge in [-0.15, -0.1) is 11.3 Å². The lowest BCUT2D eigenvalue weighted by Crippen LogP contribution is -2.02. The third-order valence-corrected chi connectivity index (χ3v) is 4.87. The molecule has 5 heteroatoms. The van der Waals surface area contributed by atoms with E-state index in [1.165, 1.54) is 23.2 Å². The molecule has 3 aromatic rings. The van der Waals surface area contributed by atoms with E-state index in [-0.39, 0.29) is 5.56 Å². The van der Waals surface area contributed by atoms with E-state index >= 15 is 0 Å². The fourth-order valence-corrected chi connectivity index (χ4v) is 3.33. The average Bonchev–Trinajstić information content (AvgIpc) is 2.78. The van der Waals surface area contributed by atoms with Crippen molar-refractivity contribution in [2.75, 3.05) is 0 Å². The number of benzene rings is 1. The van der Waals surface area contributed by atoms with Crippen molar-refractivity contribution in [1.29, 1.82) is 0 Å². The zero-order chi connectivity index (χ0) is 12.7. The molecular formula is C13H9BrN2OS. The Hall–Kier alpha value is -1.46. The van der Waals surface area contributed by atoms with Crippen LogP contribution in [-0.2, 0) is 0 Å². The second kappa shape index (κ2) is 4.33. The number of nitrogens with one attached hydrogen (secondary N) is 1. The molecule has 2 heterocycles. The fraction of sp³-hybridized carbons (Fsp3) is 0.0769. The lowest BCUT2D eigenvalue weighted by Gasteiger charge is -2.04. The molecule has 1 N–H and O–H groups in total. The lowest BCUT2D eigenvalue weighted by atomic mass is 10.1. The Morgan fingerprint density at radius 1 is 1.39 bits per heavy atom. The standard InChI is InChI=1S/C13H9BrN2OS/c1-7-8(3-2-4-9(7)14)11-5-10-12(18-11)13(17)16-6-15-10/h2-6H,1H3,(H,15,16,17). The van der Waals surface area contributed by atoms with E-state index in [1.807, 2.05) is 18.2 Å². The molecule has 0 aliphatic rings. The number of halogens is 1. The molecule has 18 heavy (non-hydrogen) atoms.